The second-order valence-electron chi connectivity index (χ2n) is 5.35. The minimum atomic E-state index is -3.39. The third kappa shape index (κ3) is 3.17. The van der Waals surface area contributed by atoms with Crippen molar-refractivity contribution in [3.63, 3.8) is 0 Å². The molecule has 7 nitrogen and oxygen atoms in total. The lowest BCUT2D eigenvalue weighted by Gasteiger charge is -2.20. The van der Waals surface area contributed by atoms with E-state index in [0.717, 1.165) is 11.0 Å². The van der Waals surface area contributed by atoms with Gasteiger partial charge in [0.2, 0.25) is 15.9 Å². The molecule has 3 rings (SSSR count). The maximum atomic E-state index is 12.4. The number of thiazole rings is 1. The number of carbonyl (C=O) groups excluding carboxylic acids is 1. The second kappa shape index (κ2) is 6.06. The van der Waals surface area contributed by atoms with E-state index in [9.17, 15) is 13.2 Å². The molecule has 1 aliphatic heterocycles. The predicted molar refractivity (Wildman–Crippen MR) is 89.4 cm³/mol. The number of fused-ring (bicyclic) bond motifs is 1. The summed E-state index contributed by atoms with van der Waals surface area (Å²) in [5, 5.41) is 3.17. The van der Waals surface area contributed by atoms with Crippen LogP contribution in [0.25, 0.3) is 10.2 Å². The van der Waals surface area contributed by atoms with Gasteiger partial charge in [-0.25, -0.2) is 13.4 Å². The minimum absolute atomic E-state index is 0.342. The lowest BCUT2D eigenvalue weighted by atomic mass is 10.2. The average Bonchev–Trinajstić information content (AvgIpc) is 3.12. The van der Waals surface area contributed by atoms with Crippen molar-refractivity contribution in [2.24, 2.45) is 0 Å². The zero-order valence-electron chi connectivity index (χ0n) is 12.8. The van der Waals surface area contributed by atoms with Gasteiger partial charge in [0.25, 0.3) is 0 Å². The van der Waals surface area contributed by atoms with Crippen molar-refractivity contribution in [3.05, 3.63) is 18.2 Å². The van der Waals surface area contributed by atoms with Gasteiger partial charge in [-0.1, -0.05) is 17.4 Å². The number of nitrogens with one attached hydrogen (secondary N) is 1. The van der Waals surface area contributed by atoms with Crippen molar-refractivity contribution in [3.8, 4) is 5.75 Å². The van der Waals surface area contributed by atoms with Crippen LogP contribution in [0.2, 0.25) is 0 Å². The molecule has 1 fully saturated rings. The molecule has 0 radical (unpaired) electrons. The average molecular weight is 355 g/mol. The largest absolute Gasteiger partial charge is 0.494 e. The fraction of sp³-hybridized carbons (Fsp3) is 0.429. The van der Waals surface area contributed by atoms with E-state index in [4.69, 9.17) is 4.74 Å². The van der Waals surface area contributed by atoms with Crippen LogP contribution in [0.1, 0.15) is 12.8 Å². The van der Waals surface area contributed by atoms with Crippen LogP contribution in [0.3, 0.4) is 0 Å². The van der Waals surface area contributed by atoms with E-state index in [1.54, 1.807) is 13.2 Å². The third-order valence-corrected chi connectivity index (χ3v) is 5.99. The van der Waals surface area contributed by atoms with Crippen molar-refractivity contribution in [2.75, 3.05) is 25.2 Å². The van der Waals surface area contributed by atoms with E-state index in [-0.39, 0.29) is 5.91 Å². The maximum Gasteiger partial charge on any atom is 0.244 e. The molecule has 2 heterocycles. The summed E-state index contributed by atoms with van der Waals surface area (Å²) in [6.07, 6.45) is 2.33. The summed E-state index contributed by atoms with van der Waals surface area (Å²) in [4.78, 5) is 16.8. The molecule has 0 unspecified atom stereocenters. The van der Waals surface area contributed by atoms with Crippen molar-refractivity contribution in [1.29, 1.82) is 0 Å². The summed E-state index contributed by atoms with van der Waals surface area (Å²) < 4.78 is 30.9. The molecule has 0 saturated carbocycles. The Morgan fingerprint density at radius 3 is 2.96 bits per heavy atom. The highest BCUT2D eigenvalue weighted by Crippen LogP contribution is 2.32. The normalized spacial score (nSPS) is 19.1. The number of amides is 1. The Balaban J connectivity index is 1.83. The molecule has 1 saturated heterocycles. The topological polar surface area (TPSA) is 88.6 Å². The highest BCUT2D eigenvalue weighted by atomic mass is 32.2. The number of carbonyl (C=O) groups is 1. The zero-order chi connectivity index (χ0) is 16.6. The number of nitrogens with zero attached hydrogens (tertiary/aromatic N) is 2. The molecule has 1 atom stereocenters. The van der Waals surface area contributed by atoms with Crippen molar-refractivity contribution < 1.29 is 17.9 Å². The molecule has 0 spiro atoms. The summed E-state index contributed by atoms with van der Waals surface area (Å²) in [5.74, 6) is 0.295. The Bertz CT molecular complexity index is 847. The Kier molecular flexibility index (Phi) is 4.26. The number of anilines is 1. The van der Waals surface area contributed by atoms with Crippen LogP contribution in [0.15, 0.2) is 18.2 Å². The standard InChI is InChI=1S/C14H17N3O4S2/c1-21-10-6-3-7-11-12(10)15-14(22-11)16-13(18)9-5-4-8-17(9)23(2,19)20/h3,6-7,9H,4-5,8H2,1-2H3,(H,15,16,18)/t9-/m1/s1. The van der Waals surface area contributed by atoms with E-state index >= 15 is 0 Å². The number of ether oxygens (including phenoxy) is 1. The summed E-state index contributed by atoms with van der Waals surface area (Å²) >= 11 is 1.33. The van der Waals surface area contributed by atoms with Gasteiger partial charge in [-0.2, -0.15) is 4.31 Å². The Morgan fingerprint density at radius 2 is 2.26 bits per heavy atom. The predicted octanol–water partition coefficient (Wildman–Crippen LogP) is 1.67. The number of sulfonamides is 1. The molecule has 1 amide bonds. The van der Waals surface area contributed by atoms with Gasteiger partial charge >= 0.3 is 0 Å². The number of hydrogen-bond acceptors (Lipinski definition) is 6. The highest BCUT2D eigenvalue weighted by molar-refractivity contribution is 7.88. The molecular weight excluding hydrogens is 338 g/mol. The molecule has 1 aromatic heterocycles. The van der Waals surface area contributed by atoms with E-state index in [0.29, 0.717) is 35.8 Å². The highest BCUT2D eigenvalue weighted by Gasteiger charge is 2.36. The van der Waals surface area contributed by atoms with E-state index in [1.807, 2.05) is 12.1 Å². The van der Waals surface area contributed by atoms with Crippen LogP contribution in [0.5, 0.6) is 5.75 Å². The fourth-order valence-corrected chi connectivity index (χ4v) is 4.74. The SMILES string of the molecule is COc1cccc2sc(NC(=O)[C@H]3CCCN3S(C)(=O)=O)nc12. The summed E-state index contributed by atoms with van der Waals surface area (Å²) in [7, 11) is -1.82. The molecule has 1 N–H and O–H groups in total. The van der Waals surface area contributed by atoms with Gasteiger partial charge in [0, 0.05) is 6.54 Å². The molecule has 9 heteroatoms. The maximum absolute atomic E-state index is 12.4. The van der Waals surface area contributed by atoms with Gasteiger partial charge in [-0.15, -0.1) is 0 Å². The first-order chi connectivity index (χ1) is 10.9. The Morgan fingerprint density at radius 1 is 1.48 bits per heavy atom. The lowest BCUT2D eigenvalue weighted by molar-refractivity contribution is -0.119. The van der Waals surface area contributed by atoms with Crippen molar-refractivity contribution >= 4 is 42.6 Å². The smallest absolute Gasteiger partial charge is 0.244 e. The van der Waals surface area contributed by atoms with Crippen LogP contribution in [0.4, 0.5) is 5.13 Å². The first-order valence-electron chi connectivity index (χ1n) is 7.11. The quantitative estimate of drug-likeness (QED) is 0.901. The monoisotopic (exact) mass is 355 g/mol. The molecule has 1 aliphatic rings. The number of benzene rings is 1. The molecule has 0 aliphatic carbocycles. The van der Waals surface area contributed by atoms with Gasteiger partial charge in [0.15, 0.2) is 5.13 Å². The van der Waals surface area contributed by atoms with Gasteiger partial charge in [-0.3, -0.25) is 4.79 Å². The van der Waals surface area contributed by atoms with Gasteiger partial charge in [-0.05, 0) is 25.0 Å². The molecule has 2 aromatic rings. The Labute approximate surface area is 138 Å². The van der Waals surface area contributed by atoms with Gasteiger partial charge in [0.1, 0.15) is 17.3 Å². The van der Waals surface area contributed by atoms with Gasteiger partial charge in [0.05, 0.1) is 18.1 Å². The van der Waals surface area contributed by atoms with Crippen LogP contribution >= 0.6 is 11.3 Å². The summed E-state index contributed by atoms with van der Waals surface area (Å²) in [6, 6.07) is 4.88. The summed E-state index contributed by atoms with van der Waals surface area (Å²) in [6.45, 7) is 0.380. The van der Waals surface area contributed by atoms with E-state index in [1.165, 1.54) is 15.6 Å². The molecular formula is C14H17N3O4S2. The van der Waals surface area contributed by atoms with Crippen LogP contribution in [0, 0.1) is 0 Å². The molecule has 1 aromatic carbocycles. The number of rotatable bonds is 4. The van der Waals surface area contributed by atoms with Crippen LogP contribution in [-0.2, 0) is 14.8 Å². The number of para-hydroxylation sites is 1. The Hall–Kier alpha value is -1.71. The van der Waals surface area contributed by atoms with E-state index < -0.39 is 16.1 Å². The fourth-order valence-electron chi connectivity index (χ4n) is 2.73. The van der Waals surface area contributed by atoms with E-state index in [2.05, 4.69) is 10.3 Å². The third-order valence-electron chi connectivity index (χ3n) is 3.76. The number of aromatic nitrogens is 1. The first-order valence-corrected chi connectivity index (χ1v) is 9.78. The molecule has 23 heavy (non-hydrogen) atoms. The van der Waals surface area contributed by atoms with Crippen LogP contribution in [-0.4, -0.2) is 49.6 Å². The van der Waals surface area contributed by atoms with Gasteiger partial charge < -0.3 is 10.1 Å². The first kappa shape index (κ1) is 16.2. The van der Waals surface area contributed by atoms with Crippen molar-refractivity contribution in [1.82, 2.24) is 9.29 Å². The van der Waals surface area contributed by atoms with Crippen LogP contribution < -0.4 is 10.1 Å². The van der Waals surface area contributed by atoms with Crippen molar-refractivity contribution in [2.45, 2.75) is 18.9 Å². The number of methoxy groups -OCH3 is 1. The molecule has 124 valence electrons. The lowest BCUT2D eigenvalue weighted by Crippen LogP contribution is -2.42. The molecule has 0 bridgehead atoms. The summed E-state index contributed by atoms with van der Waals surface area (Å²) in [5.41, 5.74) is 0.682. The second-order valence-corrected chi connectivity index (χ2v) is 8.31. The minimum Gasteiger partial charge on any atom is -0.494 e. The number of hydrogen-bond donors (Lipinski definition) is 1. The zero-order valence-corrected chi connectivity index (χ0v) is 14.4.